The average Bonchev–Trinajstić information content (AvgIpc) is 1.67. The first-order chi connectivity index (χ1) is 71.2. The Morgan fingerprint density at radius 3 is 1.00 bits per heavy atom. The van der Waals surface area contributed by atoms with Gasteiger partial charge < -0.3 is 28.7 Å². The number of nitrogens with one attached hydrogen (secondary N) is 5. The Morgan fingerprint density at radius 2 is 0.651 bits per heavy atom. The summed E-state index contributed by atoms with van der Waals surface area (Å²) in [5.41, 5.74) is 53.0. The van der Waals surface area contributed by atoms with E-state index in [1.807, 2.05) is 172 Å². The van der Waals surface area contributed by atoms with E-state index in [0.29, 0.717) is 85.2 Å². The van der Waals surface area contributed by atoms with Crippen molar-refractivity contribution < 1.29 is 45.9 Å². The summed E-state index contributed by atoms with van der Waals surface area (Å²) >= 11 is 0. The molecule has 0 atom stereocenters. The molecule has 33 heteroatoms. The van der Waals surface area contributed by atoms with Crippen LogP contribution >= 0.6 is 0 Å². The molecule has 15 N–H and O–H groups in total. The van der Waals surface area contributed by atoms with Gasteiger partial charge in [0, 0.05) is 146 Å². The van der Waals surface area contributed by atoms with E-state index in [1.54, 1.807) is 101 Å². The number of carbonyl (C=O) groups is 5. The molecule has 0 aliphatic carbocycles. The molecular formula is C116H100F5N23O5. The third kappa shape index (κ3) is 24.0. The van der Waals surface area contributed by atoms with Crippen LogP contribution in [-0.2, 0) is 88.2 Å². The summed E-state index contributed by atoms with van der Waals surface area (Å²) < 4.78 is 71.0. The van der Waals surface area contributed by atoms with E-state index in [-0.39, 0.29) is 146 Å². The predicted octanol–water partition coefficient (Wildman–Crippen LogP) is 22.3. The lowest BCUT2D eigenvalue weighted by Gasteiger charge is -2.08. The monoisotopic (exact) mass is 1990 g/mol. The fraction of sp³-hybridized carbons (Fsp3) is 0.155. The Hall–Kier alpha value is -19.2. The second-order valence-electron chi connectivity index (χ2n) is 36.0. The number of carbonyl (C=O) groups excluding carboxylic acids is 5. The number of halogens is 5. The predicted molar refractivity (Wildman–Crippen MR) is 570 cm³/mol. The zero-order chi connectivity index (χ0) is 105. The summed E-state index contributed by atoms with van der Waals surface area (Å²) in [6.07, 6.45) is 8.79. The van der Waals surface area contributed by atoms with E-state index >= 15 is 0 Å². The van der Waals surface area contributed by atoms with Gasteiger partial charge in [0.2, 0.25) is 0 Å². The zero-order valence-electron chi connectivity index (χ0n) is 81.3. The molecule has 28 nitrogen and oxygen atoms in total. The molecule has 0 bridgehead atoms. The van der Waals surface area contributed by atoms with Gasteiger partial charge in [0.1, 0.15) is 64.1 Å². The molecule has 149 heavy (non-hydrogen) atoms. The third-order valence-electron chi connectivity index (χ3n) is 25.2. The maximum Gasteiger partial charge on any atom is 0.196 e. The van der Waals surface area contributed by atoms with Gasteiger partial charge in [-0.15, -0.1) is 0 Å². The van der Waals surface area contributed by atoms with Crippen LogP contribution in [0.15, 0.2) is 243 Å². The van der Waals surface area contributed by atoms with Crippen LogP contribution in [0.1, 0.15) is 108 Å². The fourth-order valence-electron chi connectivity index (χ4n) is 17.8. The number of hydrogen-bond acceptors (Lipinski definition) is 21. The number of rotatable bonds is 25. The Labute approximate surface area is 852 Å². The van der Waals surface area contributed by atoms with Crippen LogP contribution in [0.3, 0.4) is 0 Å². The molecule has 0 fully saturated rings. The minimum Gasteiger partial charge on any atom is -0.382 e. The molecule has 744 valence electrons. The summed E-state index contributed by atoms with van der Waals surface area (Å²) in [5.74, 6) is -0.921. The van der Waals surface area contributed by atoms with E-state index in [0.717, 1.165) is 133 Å². The van der Waals surface area contributed by atoms with Gasteiger partial charge in [-0.1, -0.05) is 140 Å². The first-order valence-electron chi connectivity index (χ1n) is 46.7. The van der Waals surface area contributed by atoms with Crippen molar-refractivity contribution in [3.05, 3.63) is 396 Å². The maximum absolute atomic E-state index is 14.3. The van der Waals surface area contributed by atoms with Gasteiger partial charge in [-0.05, 0) is 211 Å². The van der Waals surface area contributed by atoms with Crippen molar-refractivity contribution in [2.24, 2.45) is 0 Å². The van der Waals surface area contributed by atoms with Crippen molar-refractivity contribution in [3.63, 3.8) is 0 Å². The van der Waals surface area contributed by atoms with Crippen molar-refractivity contribution in [2.45, 2.75) is 120 Å². The Kier molecular flexibility index (Phi) is 32.1. The summed E-state index contributed by atoms with van der Waals surface area (Å²) in [6.45, 7) is 27.2. The van der Waals surface area contributed by atoms with Crippen LogP contribution < -0.4 is 28.7 Å². The topological polar surface area (TPSA) is 456 Å². The van der Waals surface area contributed by atoms with E-state index in [2.05, 4.69) is 85.6 Å². The number of pyridine rings is 5. The lowest BCUT2D eigenvalue weighted by atomic mass is 9.99. The number of ketones is 5. The van der Waals surface area contributed by atoms with Gasteiger partial charge in [-0.25, -0.2) is 31.6 Å². The molecule has 0 saturated carbocycles. The van der Waals surface area contributed by atoms with Gasteiger partial charge >= 0.3 is 0 Å². The summed E-state index contributed by atoms with van der Waals surface area (Å²) in [5, 5.41) is 47.8. The number of nitriles is 1. The van der Waals surface area contributed by atoms with Crippen molar-refractivity contribution in [2.75, 3.05) is 28.7 Å². The maximum atomic E-state index is 14.3. The number of Topliss-reactive ketones (excluding diaryl/α,β-unsaturated/α-hetero) is 5. The molecule has 20 rings (SSSR count). The molecule has 0 amide bonds. The molecule has 20 aromatic rings. The molecule has 0 aliphatic heterocycles. The highest BCUT2D eigenvalue weighted by molar-refractivity contribution is 6.05. The Balaban J connectivity index is 0.000000139. The minimum absolute atomic E-state index is 0. The number of nitrogen functional groups attached to an aromatic ring is 5. The number of anilines is 5. The van der Waals surface area contributed by atoms with Gasteiger partial charge in [0.25, 0.3) is 0 Å². The molecule has 10 heterocycles. The van der Waals surface area contributed by atoms with Crippen molar-refractivity contribution in [3.8, 4) is 62.1 Å². The van der Waals surface area contributed by atoms with Crippen molar-refractivity contribution >= 4 is 124 Å². The van der Waals surface area contributed by atoms with E-state index in [4.69, 9.17) is 47.1 Å². The molecular weight excluding hydrogens is 1890 g/mol. The minimum atomic E-state index is -0.629. The number of aryl methyl sites for hydroxylation is 7. The Bertz CT molecular complexity index is 8450. The number of aromatic nitrogens is 15. The van der Waals surface area contributed by atoms with Crippen LogP contribution in [0.5, 0.6) is 0 Å². The number of fused-ring (bicyclic) bond motifs is 5. The zero-order valence-corrected chi connectivity index (χ0v) is 81.3. The van der Waals surface area contributed by atoms with Crippen LogP contribution in [0.25, 0.3) is 120 Å². The number of H-pyrrole nitrogens is 5. The van der Waals surface area contributed by atoms with Gasteiger partial charge in [0.15, 0.2) is 40.5 Å². The lowest BCUT2D eigenvalue weighted by molar-refractivity contribution is -0.118. The first kappa shape index (κ1) is 104. The van der Waals surface area contributed by atoms with Crippen LogP contribution in [0, 0.1) is 102 Å². The van der Waals surface area contributed by atoms with Crippen LogP contribution in [0.4, 0.5) is 62.4 Å². The largest absolute Gasteiger partial charge is 0.382 e. The number of aromatic amines is 5. The van der Waals surface area contributed by atoms with Crippen molar-refractivity contribution in [1.29, 1.82) is 5.26 Å². The third-order valence-corrected chi connectivity index (χ3v) is 25.2. The quantitative estimate of drug-likeness (QED) is 0.0188. The lowest BCUT2D eigenvalue weighted by Crippen LogP contribution is -2.10. The SMILES string of the molecule is C.Cc1cc(C#N)c(F)c(CC(=O)Cc2ccc(-c3cccc4[nH]nc(N)c34)nc2)c1.Cc1cc(C)c(F)c(CC(=O)Cc2ccc(-c3cccc4[nH]nc(N)c34)cn2)c1.Cc1cc(F)c(CC(=O)Cc2ccc(-c3cccc4[nH]nc(N)c34)nc2)cc1C.[C-]#[N+]c1c(C)ccc(F)c1CC(=O)Cc1ccc(-c2cccc3[nH]nc(N)c23)cn1.[C-]#[N+]c1c(C)ccc(F)c1CC(=O)Cc1ccc(-c2cccc3[nH]nc(N)c23)nc1. The highest BCUT2D eigenvalue weighted by atomic mass is 19.1. The number of nitrogens with zero attached hydrogens (tertiary/aromatic N) is 13. The molecule has 0 spiro atoms. The highest BCUT2D eigenvalue weighted by Gasteiger charge is 2.25. The summed E-state index contributed by atoms with van der Waals surface area (Å²) in [6, 6.07) is 64.3. The first-order valence-corrected chi connectivity index (χ1v) is 46.7. The van der Waals surface area contributed by atoms with E-state index < -0.39 is 17.5 Å². The van der Waals surface area contributed by atoms with Gasteiger partial charge in [-0.3, -0.25) is 74.4 Å². The molecule has 10 aromatic heterocycles. The van der Waals surface area contributed by atoms with Crippen molar-refractivity contribution in [1.82, 2.24) is 75.9 Å². The standard InChI is InChI=1S/3C23H18FN5O.2C23H21FN4O.CH4/c1-13-6-9-19(24)18(22(13)26-2)11-16(30)10-15-8-7-14(12-27-15)17-4-3-5-20-21(17)23(25)29-28-20;1-13-6-8-18(24)17(22(13)26-2)11-15(30)10-14-7-9-19(27-12-14)16-4-3-5-20-21(16)23(25)29-28-20;1-13-7-15(22(24)16(8-13)11-25)10-17(30)9-14-5-6-19(27-12-14)18-3-2-4-20-21(18)23(26)29-28-20;1-13-8-16(19(24)9-14(13)2)11-17(29)10-15-6-7-20(26-12-15)18-4-3-5-21-22(18)23(25)28-27-21;1-13-8-14(2)22(24)16(9-13)10-18(29)11-17-7-6-15(12-26-17)19-4-3-5-20-21(19)23(25)28-27-20;/h2*3-9,12H,10-11H2,1H3,(H3,25,28,29);2-8,12H,9-10H2,1H3,(H3,26,28,29);2*3-9,12H,10-11H2,1-2H3,(H3,25,27,28);1H4. The van der Waals surface area contributed by atoms with E-state index in [9.17, 15) is 45.9 Å². The van der Waals surface area contributed by atoms with Gasteiger partial charge in [-0.2, -0.15) is 30.8 Å². The fourth-order valence-corrected chi connectivity index (χ4v) is 17.8. The number of hydrogen-bond donors (Lipinski definition) is 10. The molecule has 10 aromatic carbocycles. The summed E-state index contributed by atoms with van der Waals surface area (Å²) in [7, 11) is 0. The van der Waals surface area contributed by atoms with Gasteiger partial charge in [0.05, 0.1) is 90.3 Å². The van der Waals surface area contributed by atoms with Crippen LogP contribution in [-0.4, -0.2) is 105 Å². The molecule has 0 saturated heterocycles. The smallest absolute Gasteiger partial charge is 0.196 e. The highest BCUT2D eigenvalue weighted by Crippen LogP contribution is 2.39. The second-order valence-corrected chi connectivity index (χ2v) is 36.0. The average molecular weight is 1990 g/mol. The number of benzene rings is 10. The molecule has 0 radical (unpaired) electrons. The normalized spacial score (nSPS) is 10.9. The number of nitrogens with two attached hydrogens (primary N) is 5. The molecule has 0 aliphatic rings. The summed E-state index contributed by atoms with van der Waals surface area (Å²) in [4.78, 5) is 91.5. The van der Waals surface area contributed by atoms with E-state index in [1.165, 1.54) is 24.3 Å². The molecule has 0 unspecified atom stereocenters. The van der Waals surface area contributed by atoms with Crippen LogP contribution in [0.2, 0.25) is 0 Å². The second kappa shape index (κ2) is 46.0. The Morgan fingerprint density at radius 1 is 0.322 bits per heavy atom.